The Balaban J connectivity index is 1.17. The fourth-order valence-electron chi connectivity index (χ4n) is 4.40. The van der Waals surface area contributed by atoms with Crippen molar-refractivity contribution in [3.05, 3.63) is 59.9 Å². The van der Waals surface area contributed by atoms with Crippen LogP contribution in [0.4, 0.5) is 19.0 Å². The number of hydrogen-bond donors (Lipinski definition) is 0. The second-order valence-corrected chi connectivity index (χ2v) is 9.58. The Bertz CT molecular complexity index is 1380. The Kier molecular flexibility index (Phi) is 8.31. The molecule has 4 aromatic rings. The third-order valence-corrected chi connectivity index (χ3v) is 6.58. The smallest absolute Gasteiger partial charge is 0.406 e. The zero-order chi connectivity index (χ0) is 28.1. The second kappa shape index (κ2) is 12.0. The maximum absolute atomic E-state index is 12.4. The number of nitrogens with zero attached hydrogens (tertiary/aromatic N) is 7. The van der Waals surface area contributed by atoms with E-state index in [0.29, 0.717) is 17.8 Å². The fraction of sp³-hybridized carbons (Fsp3) is 0.407. The van der Waals surface area contributed by atoms with E-state index in [2.05, 4.69) is 41.8 Å². The standard InChI is InChI=1S/C27H30F3N7O3/c1-19-16-23(26-32-25(34-40-26)21-5-7-22(8-6-21)39-27(28,29)30)33-37(19)18-20-4-9-24(31-17-20)35(2)10-3-11-36-12-14-38-15-13-36/h4-9,16-17H,3,10-15,18H2,1-2H3. The molecule has 1 aliphatic rings. The topological polar surface area (TPSA) is 94.6 Å². The third-order valence-electron chi connectivity index (χ3n) is 6.58. The molecule has 0 radical (unpaired) electrons. The van der Waals surface area contributed by atoms with Gasteiger partial charge in [0.15, 0.2) is 5.69 Å². The molecule has 1 aromatic carbocycles. The molecule has 0 N–H and O–H groups in total. The number of morpholine rings is 1. The van der Waals surface area contributed by atoms with Crippen molar-refractivity contribution in [3.63, 3.8) is 0 Å². The predicted molar refractivity (Wildman–Crippen MR) is 141 cm³/mol. The minimum absolute atomic E-state index is 0.208. The summed E-state index contributed by atoms with van der Waals surface area (Å²) in [5.41, 5.74) is 2.87. The number of aryl methyl sites for hydroxylation is 1. The summed E-state index contributed by atoms with van der Waals surface area (Å²) in [4.78, 5) is 13.6. The highest BCUT2D eigenvalue weighted by Crippen LogP contribution is 2.27. The molecule has 5 rings (SSSR count). The highest BCUT2D eigenvalue weighted by molar-refractivity contribution is 5.59. The van der Waals surface area contributed by atoms with Crippen LogP contribution in [0.15, 0.2) is 53.2 Å². The van der Waals surface area contributed by atoms with E-state index in [1.807, 2.05) is 36.0 Å². The Hall–Kier alpha value is -3.97. The van der Waals surface area contributed by atoms with Crippen LogP contribution >= 0.6 is 0 Å². The van der Waals surface area contributed by atoms with Gasteiger partial charge in [-0.1, -0.05) is 11.2 Å². The van der Waals surface area contributed by atoms with E-state index < -0.39 is 6.36 Å². The van der Waals surface area contributed by atoms with E-state index in [4.69, 9.17) is 9.26 Å². The molecular formula is C27H30F3N7O3. The van der Waals surface area contributed by atoms with Gasteiger partial charge in [0.1, 0.15) is 11.6 Å². The Morgan fingerprint density at radius 3 is 2.55 bits per heavy atom. The number of benzene rings is 1. The number of halogens is 3. The van der Waals surface area contributed by atoms with Crippen LogP contribution in [-0.2, 0) is 11.3 Å². The van der Waals surface area contributed by atoms with E-state index >= 15 is 0 Å². The van der Waals surface area contributed by atoms with Gasteiger partial charge >= 0.3 is 6.36 Å². The lowest BCUT2D eigenvalue weighted by Gasteiger charge is -2.27. The van der Waals surface area contributed by atoms with Crippen LogP contribution in [0.2, 0.25) is 0 Å². The molecule has 0 bridgehead atoms. The molecule has 0 aliphatic carbocycles. The number of ether oxygens (including phenoxy) is 2. The number of alkyl halides is 3. The third kappa shape index (κ3) is 7.16. The summed E-state index contributed by atoms with van der Waals surface area (Å²) in [6.45, 7) is 8.04. The van der Waals surface area contributed by atoms with Crippen LogP contribution in [0.25, 0.3) is 23.0 Å². The van der Waals surface area contributed by atoms with Gasteiger partial charge in [-0.05, 0) is 55.3 Å². The summed E-state index contributed by atoms with van der Waals surface area (Å²) < 4.78 is 53.7. The summed E-state index contributed by atoms with van der Waals surface area (Å²) in [5.74, 6) is 1.03. The molecule has 13 heteroatoms. The van der Waals surface area contributed by atoms with Crippen molar-refractivity contribution in [1.82, 2.24) is 29.8 Å². The molecule has 0 amide bonds. The van der Waals surface area contributed by atoms with Crippen molar-refractivity contribution in [1.29, 1.82) is 0 Å². The molecule has 1 aliphatic heterocycles. The van der Waals surface area contributed by atoms with Crippen LogP contribution in [0.1, 0.15) is 17.7 Å². The molecule has 1 fully saturated rings. The van der Waals surface area contributed by atoms with Crippen LogP contribution in [-0.4, -0.2) is 82.6 Å². The van der Waals surface area contributed by atoms with Gasteiger partial charge in [0.05, 0.1) is 19.8 Å². The molecule has 0 atom stereocenters. The van der Waals surface area contributed by atoms with Crippen molar-refractivity contribution in [2.24, 2.45) is 0 Å². The molecular weight excluding hydrogens is 527 g/mol. The van der Waals surface area contributed by atoms with E-state index in [0.717, 1.165) is 62.9 Å². The van der Waals surface area contributed by atoms with Crippen molar-refractivity contribution in [3.8, 4) is 28.7 Å². The summed E-state index contributed by atoms with van der Waals surface area (Å²) in [5, 5.41) is 8.55. The summed E-state index contributed by atoms with van der Waals surface area (Å²) in [6, 6.07) is 11.1. The minimum atomic E-state index is -4.75. The molecule has 212 valence electrons. The number of pyridine rings is 1. The van der Waals surface area contributed by atoms with Gasteiger partial charge in [-0.2, -0.15) is 10.1 Å². The maximum Gasteiger partial charge on any atom is 0.573 e. The van der Waals surface area contributed by atoms with Crippen molar-refractivity contribution >= 4 is 5.82 Å². The average molecular weight is 558 g/mol. The first kappa shape index (κ1) is 27.6. The normalized spacial score (nSPS) is 14.4. The van der Waals surface area contributed by atoms with E-state index in [-0.39, 0.29) is 17.5 Å². The van der Waals surface area contributed by atoms with Crippen LogP contribution in [0, 0.1) is 6.92 Å². The second-order valence-electron chi connectivity index (χ2n) is 9.58. The van der Waals surface area contributed by atoms with E-state index in [1.54, 1.807) is 0 Å². The van der Waals surface area contributed by atoms with Gasteiger partial charge in [-0.15, -0.1) is 13.2 Å². The summed E-state index contributed by atoms with van der Waals surface area (Å²) in [6.07, 6.45) is -1.84. The van der Waals surface area contributed by atoms with Crippen LogP contribution in [0.3, 0.4) is 0 Å². The first-order chi connectivity index (χ1) is 19.2. The van der Waals surface area contributed by atoms with E-state index in [9.17, 15) is 13.2 Å². The van der Waals surface area contributed by atoms with Crippen molar-refractivity contribution < 1.29 is 27.2 Å². The molecule has 0 unspecified atom stereocenters. The lowest BCUT2D eigenvalue weighted by Crippen LogP contribution is -2.37. The van der Waals surface area contributed by atoms with Gasteiger partial charge in [0.25, 0.3) is 5.89 Å². The number of anilines is 1. The molecule has 1 saturated heterocycles. The van der Waals surface area contributed by atoms with Gasteiger partial charge < -0.3 is 18.9 Å². The largest absolute Gasteiger partial charge is 0.573 e. The van der Waals surface area contributed by atoms with Gasteiger partial charge in [-0.25, -0.2) is 4.98 Å². The Morgan fingerprint density at radius 1 is 1.07 bits per heavy atom. The Labute approximate surface area is 229 Å². The SMILES string of the molecule is Cc1cc(-c2nc(-c3ccc(OC(F)(F)F)cc3)no2)nn1Cc1ccc(N(C)CCCN2CCOCC2)nc1. The van der Waals surface area contributed by atoms with Crippen molar-refractivity contribution in [2.75, 3.05) is 51.3 Å². The van der Waals surface area contributed by atoms with Gasteiger partial charge in [-0.3, -0.25) is 9.58 Å². The molecule has 4 heterocycles. The molecule has 0 spiro atoms. The van der Waals surface area contributed by atoms with Gasteiger partial charge in [0.2, 0.25) is 5.82 Å². The summed E-state index contributed by atoms with van der Waals surface area (Å²) >= 11 is 0. The lowest BCUT2D eigenvalue weighted by molar-refractivity contribution is -0.274. The van der Waals surface area contributed by atoms with Crippen LogP contribution in [0.5, 0.6) is 5.75 Å². The predicted octanol–water partition coefficient (Wildman–Crippen LogP) is 4.41. The lowest BCUT2D eigenvalue weighted by atomic mass is 10.2. The zero-order valence-electron chi connectivity index (χ0n) is 22.3. The number of aromatic nitrogens is 5. The highest BCUT2D eigenvalue weighted by atomic mass is 19.4. The monoisotopic (exact) mass is 557 g/mol. The molecule has 3 aromatic heterocycles. The maximum atomic E-state index is 12.4. The quantitative estimate of drug-likeness (QED) is 0.281. The first-order valence-electron chi connectivity index (χ1n) is 12.9. The van der Waals surface area contributed by atoms with E-state index in [1.165, 1.54) is 24.3 Å². The highest BCUT2D eigenvalue weighted by Gasteiger charge is 2.31. The number of hydrogen-bond acceptors (Lipinski definition) is 9. The average Bonchev–Trinajstić information content (AvgIpc) is 3.56. The number of rotatable bonds is 10. The van der Waals surface area contributed by atoms with Crippen LogP contribution < -0.4 is 9.64 Å². The molecule has 0 saturated carbocycles. The summed E-state index contributed by atoms with van der Waals surface area (Å²) in [7, 11) is 2.05. The minimum Gasteiger partial charge on any atom is -0.406 e. The Morgan fingerprint density at radius 2 is 1.85 bits per heavy atom. The first-order valence-corrected chi connectivity index (χ1v) is 12.9. The fourth-order valence-corrected chi connectivity index (χ4v) is 4.40. The van der Waals surface area contributed by atoms with Gasteiger partial charge in [0, 0.05) is 50.7 Å². The molecule has 40 heavy (non-hydrogen) atoms. The van der Waals surface area contributed by atoms with Crippen molar-refractivity contribution in [2.45, 2.75) is 26.3 Å². The molecule has 10 nitrogen and oxygen atoms in total. The zero-order valence-corrected chi connectivity index (χ0v) is 22.3.